The Balaban J connectivity index is 2.95. The van der Waals surface area contributed by atoms with Crippen molar-refractivity contribution in [2.75, 3.05) is 12.4 Å². The Hall–Kier alpha value is -0.210. The minimum Gasteiger partial charge on any atom is -0.395 e. The summed E-state index contributed by atoms with van der Waals surface area (Å²) < 4.78 is 22.4. The van der Waals surface area contributed by atoms with Gasteiger partial charge in [-0.15, -0.1) is 0 Å². The first-order valence-corrected chi connectivity index (χ1v) is 5.48. The molecule has 0 radical (unpaired) electrons. The molecule has 1 heterocycles. The van der Waals surface area contributed by atoms with Gasteiger partial charge >= 0.3 is 0 Å². The van der Waals surface area contributed by atoms with Gasteiger partial charge in [-0.05, 0) is 0 Å². The Kier molecular flexibility index (Phi) is 2.93. The molecule has 4 N–H and O–H groups in total. The van der Waals surface area contributed by atoms with Gasteiger partial charge in [0, 0.05) is 0 Å². The summed E-state index contributed by atoms with van der Waals surface area (Å²) >= 11 is 0. The molecule has 0 bridgehead atoms. The smallest absolute Gasteiger partial charge is 0.160 e. The highest BCUT2D eigenvalue weighted by atomic mass is 32.2. The van der Waals surface area contributed by atoms with E-state index in [1.54, 1.807) is 0 Å². The molecular weight excluding hydrogens is 200 g/mol. The van der Waals surface area contributed by atoms with E-state index in [0.29, 0.717) is 0 Å². The molecule has 78 valence electrons. The van der Waals surface area contributed by atoms with Crippen LogP contribution in [0.15, 0.2) is 0 Å². The van der Waals surface area contributed by atoms with E-state index in [1.165, 1.54) is 0 Å². The summed E-state index contributed by atoms with van der Waals surface area (Å²) in [7, 11) is -3.71. The van der Waals surface area contributed by atoms with Crippen molar-refractivity contribution in [1.29, 1.82) is 0 Å². The van der Waals surface area contributed by atoms with Gasteiger partial charge in [0.1, 0.15) is 17.5 Å². The molecule has 4 atom stereocenters. The first kappa shape index (κ1) is 10.9. The molecule has 0 aromatic carbocycles. The van der Waals surface area contributed by atoms with E-state index >= 15 is 0 Å². The lowest BCUT2D eigenvalue weighted by Gasteiger charge is -2.33. The molecule has 0 spiro atoms. The Morgan fingerprint density at radius 2 is 1.69 bits per heavy atom. The predicted octanol–water partition coefficient (Wildman–Crippen LogP) is -3.14. The van der Waals surface area contributed by atoms with Crippen LogP contribution < -0.4 is 0 Å². The average molecular weight is 212 g/mol. The molecule has 0 aromatic heterocycles. The van der Waals surface area contributed by atoms with Crippen molar-refractivity contribution in [3.8, 4) is 0 Å². The average Bonchev–Trinajstić information content (AvgIpc) is 2.00. The van der Waals surface area contributed by atoms with Crippen LogP contribution in [0.25, 0.3) is 0 Å². The van der Waals surface area contributed by atoms with Crippen LogP contribution in [-0.4, -0.2) is 64.8 Å². The summed E-state index contributed by atoms with van der Waals surface area (Å²) in [4.78, 5) is 0. The molecular formula is C6H12O6S. The second-order valence-corrected chi connectivity index (χ2v) is 5.36. The summed E-state index contributed by atoms with van der Waals surface area (Å²) in [5.41, 5.74) is 0. The Morgan fingerprint density at radius 1 is 1.15 bits per heavy atom. The van der Waals surface area contributed by atoms with Crippen LogP contribution in [0, 0.1) is 0 Å². The Labute approximate surface area is 75.4 Å². The van der Waals surface area contributed by atoms with Crippen molar-refractivity contribution in [3.05, 3.63) is 0 Å². The summed E-state index contributed by atoms with van der Waals surface area (Å²) in [5, 5.41) is 34.6. The lowest BCUT2D eigenvalue weighted by Crippen LogP contribution is -2.57. The molecule has 13 heavy (non-hydrogen) atoms. The van der Waals surface area contributed by atoms with Crippen LogP contribution in [-0.2, 0) is 9.84 Å². The molecule has 0 unspecified atom stereocenters. The molecule has 1 aliphatic rings. The first-order chi connectivity index (χ1) is 5.90. The van der Waals surface area contributed by atoms with Gasteiger partial charge < -0.3 is 20.4 Å². The van der Waals surface area contributed by atoms with Crippen LogP contribution in [0.2, 0.25) is 0 Å². The lowest BCUT2D eigenvalue weighted by molar-refractivity contribution is -0.0624. The van der Waals surface area contributed by atoms with Gasteiger partial charge in [-0.1, -0.05) is 0 Å². The van der Waals surface area contributed by atoms with Gasteiger partial charge in [0.05, 0.1) is 18.5 Å². The summed E-state index contributed by atoms with van der Waals surface area (Å²) in [6.07, 6.45) is -4.62. The van der Waals surface area contributed by atoms with E-state index in [-0.39, 0.29) is 0 Å². The molecule has 1 rings (SSSR count). The summed E-state index contributed by atoms with van der Waals surface area (Å²) in [6, 6.07) is 0. The SMILES string of the molecule is O=S1(=O)C[C@H](O)[C@@H](O)[C@H](O)[C@H]1CO. The van der Waals surface area contributed by atoms with Crippen LogP contribution in [0.3, 0.4) is 0 Å². The van der Waals surface area contributed by atoms with Gasteiger partial charge in [0.25, 0.3) is 0 Å². The second kappa shape index (κ2) is 3.50. The van der Waals surface area contributed by atoms with Crippen molar-refractivity contribution < 1.29 is 28.8 Å². The normalized spacial score (nSPS) is 44.6. The Bertz CT molecular complexity index is 273. The van der Waals surface area contributed by atoms with E-state index in [4.69, 9.17) is 15.3 Å². The summed E-state index contributed by atoms with van der Waals surface area (Å²) in [6.45, 7) is -0.757. The van der Waals surface area contributed by atoms with Crippen molar-refractivity contribution in [3.63, 3.8) is 0 Å². The standard InChI is InChI=1S/C6H12O6S/c7-1-4-6(10)5(9)3(8)2-13(4,11)12/h3-10H,1-2H2/t3-,4+,5+,6+/m0/s1. The zero-order chi connectivity index (χ0) is 10.2. The van der Waals surface area contributed by atoms with Gasteiger partial charge in [0.2, 0.25) is 0 Å². The zero-order valence-corrected chi connectivity index (χ0v) is 7.55. The van der Waals surface area contributed by atoms with Crippen molar-refractivity contribution in [1.82, 2.24) is 0 Å². The molecule has 7 heteroatoms. The minimum absolute atomic E-state index is 0.629. The fourth-order valence-corrected chi connectivity index (χ4v) is 3.08. The maximum absolute atomic E-state index is 11.2. The third kappa shape index (κ3) is 1.84. The third-order valence-electron chi connectivity index (χ3n) is 2.17. The number of rotatable bonds is 1. The van der Waals surface area contributed by atoms with Crippen LogP contribution in [0.4, 0.5) is 0 Å². The van der Waals surface area contributed by atoms with Crippen molar-refractivity contribution >= 4 is 9.84 Å². The van der Waals surface area contributed by atoms with E-state index in [9.17, 15) is 13.5 Å². The maximum Gasteiger partial charge on any atom is 0.160 e. The Morgan fingerprint density at radius 3 is 2.15 bits per heavy atom. The van der Waals surface area contributed by atoms with E-state index in [0.717, 1.165) is 0 Å². The van der Waals surface area contributed by atoms with Crippen LogP contribution >= 0.6 is 0 Å². The lowest BCUT2D eigenvalue weighted by atomic mass is 10.1. The van der Waals surface area contributed by atoms with Crippen LogP contribution in [0.1, 0.15) is 0 Å². The number of hydrogen-bond acceptors (Lipinski definition) is 6. The second-order valence-electron chi connectivity index (χ2n) is 3.10. The topological polar surface area (TPSA) is 115 Å². The predicted molar refractivity (Wildman–Crippen MR) is 42.7 cm³/mol. The van der Waals surface area contributed by atoms with Crippen molar-refractivity contribution in [2.45, 2.75) is 23.6 Å². The molecule has 1 fully saturated rings. The molecule has 1 aliphatic heterocycles. The monoisotopic (exact) mass is 212 g/mol. The highest BCUT2D eigenvalue weighted by Gasteiger charge is 2.45. The van der Waals surface area contributed by atoms with Gasteiger partial charge in [-0.25, -0.2) is 8.42 Å². The number of hydrogen-bond donors (Lipinski definition) is 4. The van der Waals surface area contributed by atoms with Crippen molar-refractivity contribution in [2.24, 2.45) is 0 Å². The number of sulfone groups is 1. The van der Waals surface area contributed by atoms with Gasteiger partial charge in [0.15, 0.2) is 9.84 Å². The fraction of sp³-hybridized carbons (Fsp3) is 1.00. The number of aliphatic hydroxyl groups is 4. The van der Waals surface area contributed by atoms with E-state index in [1.807, 2.05) is 0 Å². The molecule has 0 aliphatic carbocycles. The molecule has 0 amide bonds. The van der Waals surface area contributed by atoms with Gasteiger partial charge in [-0.3, -0.25) is 0 Å². The largest absolute Gasteiger partial charge is 0.395 e. The first-order valence-electron chi connectivity index (χ1n) is 3.77. The molecule has 0 aromatic rings. The van der Waals surface area contributed by atoms with Crippen LogP contribution in [0.5, 0.6) is 0 Å². The molecule has 6 nitrogen and oxygen atoms in total. The summed E-state index contributed by atoms with van der Waals surface area (Å²) in [5.74, 6) is -0.629. The van der Waals surface area contributed by atoms with Gasteiger partial charge in [-0.2, -0.15) is 0 Å². The highest BCUT2D eigenvalue weighted by molar-refractivity contribution is 7.92. The maximum atomic E-state index is 11.2. The zero-order valence-electron chi connectivity index (χ0n) is 6.74. The molecule has 0 saturated carbocycles. The highest BCUT2D eigenvalue weighted by Crippen LogP contribution is 2.20. The van der Waals surface area contributed by atoms with E-state index in [2.05, 4.69) is 0 Å². The molecule has 1 saturated heterocycles. The fourth-order valence-electron chi connectivity index (χ4n) is 1.34. The quantitative estimate of drug-likeness (QED) is 0.365. The van der Waals surface area contributed by atoms with E-state index < -0.39 is 45.8 Å². The minimum atomic E-state index is -3.71. The number of aliphatic hydroxyl groups excluding tert-OH is 4. The third-order valence-corrected chi connectivity index (χ3v) is 4.33.